The van der Waals surface area contributed by atoms with Crippen LogP contribution in [0.25, 0.3) is 0 Å². The second-order valence-electron chi connectivity index (χ2n) is 2.60. The smallest absolute Gasteiger partial charge is 0.338 e. The van der Waals surface area contributed by atoms with Gasteiger partial charge in [-0.05, 0) is 24.3 Å². The highest BCUT2D eigenvalue weighted by molar-refractivity contribution is 5.89. The Labute approximate surface area is 81.7 Å². The number of rotatable bonds is 3. The van der Waals surface area contributed by atoms with Crippen LogP contribution >= 0.6 is 0 Å². The maximum Gasteiger partial charge on any atom is 0.338 e. The van der Waals surface area contributed by atoms with E-state index < -0.39 is 5.97 Å². The molecule has 0 aliphatic heterocycles. The summed E-state index contributed by atoms with van der Waals surface area (Å²) >= 11 is 0. The maximum absolute atomic E-state index is 12.5. The SMILES string of the molecule is C#CCCOC(=O)c1ccc(F)cc1. The zero-order valence-corrected chi connectivity index (χ0v) is 7.50. The molecule has 3 heteroatoms. The Morgan fingerprint density at radius 2 is 2.07 bits per heavy atom. The fraction of sp³-hybridized carbons (Fsp3) is 0.182. The van der Waals surface area contributed by atoms with Crippen molar-refractivity contribution in [2.45, 2.75) is 6.42 Å². The van der Waals surface area contributed by atoms with Crippen molar-refractivity contribution in [2.24, 2.45) is 0 Å². The molecule has 72 valence electrons. The third kappa shape index (κ3) is 2.91. The Balaban J connectivity index is 2.53. The van der Waals surface area contributed by atoms with Crippen LogP contribution in [0.1, 0.15) is 16.8 Å². The van der Waals surface area contributed by atoms with Crippen LogP contribution in [0.5, 0.6) is 0 Å². The molecule has 0 atom stereocenters. The van der Waals surface area contributed by atoms with E-state index >= 15 is 0 Å². The number of ether oxygens (including phenoxy) is 1. The highest BCUT2D eigenvalue weighted by atomic mass is 19.1. The number of halogens is 1. The highest BCUT2D eigenvalue weighted by Crippen LogP contribution is 2.04. The number of benzene rings is 1. The second-order valence-corrected chi connectivity index (χ2v) is 2.60. The van der Waals surface area contributed by atoms with Gasteiger partial charge >= 0.3 is 5.97 Å². The van der Waals surface area contributed by atoms with Crippen molar-refractivity contribution < 1.29 is 13.9 Å². The molecule has 0 saturated carbocycles. The Bertz CT molecular complexity index is 349. The summed E-state index contributed by atoms with van der Waals surface area (Å²) in [7, 11) is 0. The van der Waals surface area contributed by atoms with Gasteiger partial charge in [0.15, 0.2) is 0 Å². The van der Waals surface area contributed by atoms with E-state index in [4.69, 9.17) is 11.2 Å². The van der Waals surface area contributed by atoms with Crippen molar-refractivity contribution in [3.05, 3.63) is 35.6 Å². The number of hydrogen-bond donors (Lipinski definition) is 0. The third-order valence-electron chi connectivity index (χ3n) is 1.56. The molecule has 0 aromatic heterocycles. The van der Waals surface area contributed by atoms with E-state index in [-0.39, 0.29) is 12.4 Å². The molecule has 0 unspecified atom stereocenters. The van der Waals surface area contributed by atoms with Gasteiger partial charge in [0.05, 0.1) is 5.56 Å². The molecule has 1 aromatic carbocycles. The molecule has 14 heavy (non-hydrogen) atoms. The quantitative estimate of drug-likeness (QED) is 0.416. The van der Waals surface area contributed by atoms with Crippen molar-refractivity contribution in [3.63, 3.8) is 0 Å². The summed E-state index contributed by atoms with van der Waals surface area (Å²) in [5.41, 5.74) is 0.323. The largest absolute Gasteiger partial charge is 0.461 e. The first kappa shape index (κ1) is 10.3. The van der Waals surface area contributed by atoms with E-state index in [2.05, 4.69) is 5.92 Å². The van der Waals surface area contributed by atoms with E-state index in [0.717, 1.165) is 0 Å². The summed E-state index contributed by atoms with van der Waals surface area (Å²) in [4.78, 5) is 11.2. The average molecular weight is 192 g/mol. The summed E-state index contributed by atoms with van der Waals surface area (Å²) in [5, 5.41) is 0. The van der Waals surface area contributed by atoms with Crippen LogP contribution in [-0.2, 0) is 4.74 Å². The molecule has 0 heterocycles. The van der Waals surface area contributed by atoms with Crippen molar-refractivity contribution in [1.29, 1.82) is 0 Å². The predicted molar refractivity (Wildman–Crippen MR) is 50.1 cm³/mol. The number of terminal acetylenes is 1. The average Bonchev–Trinajstić information content (AvgIpc) is 2.19. The summed E-state index contributed by atoms with van der Waals surface area (Å²) in [6.07, 6.45) is 5.36. The number of hydrogen-bond acceptors (Lipinski definition) is 2. The number of carbonyl (C=O) groups excluding carboxylic acids is 1. The van der Waals surface area contributed by atoms with Gasteiger partial charge in [0.2, 0.25) is 0 Å². The van der Waals surface area contributed by atoms with Gasteiger partial charge < -0.3 is 4.74 Å². The summed E-state index contributed by atoms with van der Waals surface area (Å²) < 4.78 is 17.3. The minimum Gasteiger partial charge on any atom is -0.461 e. The monoisotopic (exact) mass is 192 g/mol. The van der Waals surface area contributed by atoms with Crippen LogP contribution in [0, 0.1) is 18.2 Å². The van der Waals surface area contributed by atoms with Gasteiger partial charge in [-0.25, -0.2) is 9.18 Å². The van der Waals surface area contributed by atoms with Crippen molar-refractivity contribution >= 4 is 5.97 Å². The molecular weight excluding hydrogens is 183 g/mol. The molecule has 2 nitrogen and oxygen atoms in total. The first-order valence-electron chi connectivity index (χ1n) is 4.10. The molecule has 0 N–H and O–H groups in total. The zero-order chi connectivity index (χ0) is 10.4. The van der Waals surface area contributed by atoms with E-state index in [9.17, 15) is 9.18 Å². The molecule has 0 spiro atoms. The van der Waals surface area contributed by atoms with Crippen molar-refractivity contribution in [1.82, 2.24) is 0 Å². The Kier molecular flexibility index (Phi) is 3.69. The van der Waals surface area contributed by atoms with E-state index in [1.165, 1.54) is 24.3 Å². The first-order valence-corrected chi connectivity index (χ1v) is 4.10. The molecular formula is C11H9FO2. The van der Waals surface area contributed by atoms with Gasteiger partial charge in [0.1, 0.15) is 12.4 Å². The fourth-order valence-electron chi connectivity index (χ4n) is 0.872. The Hall–Kier alpha value is -1.82. The molecule has 0 amide bonds. The molecule has 1 aromatic rings. The molecule has 1 rings (SSSR count). The van der Waals surface area contributed by atoms with Crippen molar-refractivity contribution in [2.75, 3.05) is 6.61 Å². The summed E-state index contributed by atoms with van der Waals surface area (Å²) in [6, 6.07) is 5.15. The van der Waals surface area contributed by atoms with Crippen LogP contribution in [0.15, 0.2) is 24.3 Å². The normalized spacial score (nSPS) is 9.14. The molecule has 0 bridgehead atoms. The lowest BCUT2D eigenvalue weighted by atomic mass is 10.2. The predicted octanol–water partition coefficient (Wildman–Crippen LogP) is 2.01. The lowest BCUT2D eigenvalue weighted by molar-refractivity contribution is 0.0513. The third-order valence-corrected chi connectivity index (χ3v) is 1.56. The fourth-order valence-corrected chi connectivity index (χ4v) is 0.872. The van der Waals surface area contributed by atoms with Crippen LogP contribution in [-0.4, -0.2) is 12.6 Å². The van der Waals surface area contributed by atoms with Gasteiger partial charge in [-0.2, -0.15) is 0 Å². The highest BCUT2D eigenvalue weighted by Gasteiger charge is 2.05. The Morgan fingerprint density at radius 1 is 1.43 bits per heavy atom. The lowest BCUT2D eigenvalue weighted by Crippen LogP contribution is -2.05. The standard InChI is InChI=1S/C11H9FO2/c1-2-3-8-14-11(13)9-4-6-10(12)7-5-9/h1,4-7H,3,8H2. The van der Waals surface area contributed by atoms with Crippen LogP contribution in [0.3, 0.4) is 0 Å². The molecule has 0 radical (unpaired) electrons. The van der Waals surface area contributed by atoms with Crippen molar-refractivity contribution in [3.8, 4) is 12.3 Å². The lowest BCUT2D eigenvalue weighted by Gasteiger charge is -2.01. The van der Waals surface area contributed by atoms with Gasteiger partial charge in [0, 0.05) is 6.42 Å². The molecule has 0 fully saturated rings. The van der Waals surface area contributed by atoms with E-state index in [0.29, 0.717) is 12.0 Å². The van der Waals surface area contributed by atoms with E-state index in [1.54, 1.807) is 0 Å². The number of carbonyl (C=O) groups is 1. The van der Waals surface area contributed by atoms with Crippen LogP contribution < -0.4 is 0 Å². The van der Waals surface area contributed by atoms with Gasteiger partial charge in [-0.15, -0.1) is 12.3 Å². The van der Waals surface area contributed by atoms with Crippen LogP contribution in [0.2, 0.25) is 0 Å². The van der Waals surface area contributed by atoms with Gasteiger partial charge in [-0.1, -0.05) is 0 Å². The topological polar surface area (TPSA) is 26.3 Å². The van der Waals surface area contributed by atoms with Gasteiger partial charge in [-0.3, -0.25) is 0 Å². The van der Waals surface area contributed by atoms with Gasteiger partial charge in [0.25, 0.3) is 0 Å². The maximum atomic E-state index is 12.5. The zero-order valence-electron chi connectivity index (χ0n) is 7.50. The summed E-state index contributed by atoms with van der Waals surface area (Å²) in [5.74, 6) is 1.48. The number of esters is 1. The minimum absolute atomic E-state index is 0.187. The minimum atomic E-state index is -0.486. The first-order chi connectivity index (χ1) is 6.74. The van der Waals surface area contributed by atoms with Crippen LogP contribution in [0.4, 0.5) is 4.39 Å². The summed E-state index contributed by atoms with van der Waals surface area (Å²) in [6.45, 7) is 0.187. The Morgan fingerprint density at radius 3 is 2.64 bits per heavy atom. The molecule has 0 aliphatic rings. The molecule has 0 aliphatic carbocycles. The van der Waals surface area contributed by atoms with E-state index in [1.807, 2.05) is 0 Å². The molecule has 0 saturated heterocycles. The second kappa shape index (κ2) is 5.03.